The van der Waals surface area contributed by atoms with Crippen LogP contribution in [-0.4, -0.2) is 42.8 Å². The highest BCUT2D eigenvalue weighted by atomic mass is 35.5. The van der Waals surface area contributed by atoms with Crippen LogP contribution >= 0.6 is 11.6 Å². The molecule has 1 unspecified atom stereocenters. The summed E-state index contributed by atoms with van der Waals surface area (Å²) in [5.74, 6) is -0.473. The third-order valence-electron chi connectivity index (χ3n) is 6.46. The highest BCUT2D eigenvalue weighted by Crippen LogP contribution is 2.31. The van der Waals surface area contributed by atoms with Crippen molar-refractivity contribution >= 4 is 41.0 Å². The molecule has 45 heavy (non-hydrogen) atoms. The summed E-state index contributed by atoms with van der Waals surface area (Å²) in [4.78, 5) is 41.5. The van der Waals surface area contributed by atoms with Crippen LogP contribution < -0.4 is 21.9 Å². The van der Waals surface area contributed by atoms with Crippen LogP contribution in [0.5, 0.6) is 0 Å². The van der Waals surface area contributed by atoms with Crippen molar-refractivity contribution in [3.05, 3.63) is 124 Å². The van der Waals surface area contributed by atoms with E-state index in [1.54, 1.807) is 59.4 Å². The summed E-state index contributed by atoms with van der Waals surface area (Å²) < 4.78 is 1.63. The molecule has 8 N–H and O–H groups in total. The van der Waals surface area contributed by atoms with Gasteiger partial charge in [0, 0.05) is 59.3 Å². The summed E-state index contributed by atoms with van der Waals surface area (Å²) in [5, 5.41) is 29.5. The lowest BCUT2D eigenvalue weighted by atomic mass is 10.0. The topological polar surface area (TPSA) is 199 Å². The highest BCUT2D eigenvalue weighted by molar-refractivity contribution is 6.31. The number of imidazole rings is 1. The number of carboxylic acid groups (broad SMARTS) is 2. The number of aliphatic carboxylic acids is 1. The van der Waals surface area contributed by atoms with Gasteiger partial charge in [-0.3, -0.25) is 20.3 Å². The Balaban J connectivity index is 0.00000109. The fraction of sp³-hybridized carbons (Fsp3) is 0.0938. The summed E-state index contributed by atoms with van der Waals surface area (Å²) in [6, 6.07) is 24.7. The first-order valence-electron chi connectivity index (χ1n) is 13.5. The minimum Gasteiger partial charge on any atom is -0.481 e. The molecule has 0 fully saturated rings. The molecule has 0 spiro atoms. The summed E-state index contributed by atoms with van der Waals surface area (Å²) in [6.45, 7) is 1.08. The summed E-state index contributed by atoms with van der Waals surface area (Å²) in [7, 11) is 0. The number of nitrogens with two attached hydrogens (primary N) is 1. The Morgan fingerprint density at radius 2 is 1.69 bits per heavy atom. The van der Waals surface area contributed by atoms with Crippen LogP contribution in [0.1, 0.15) is 24.4 Å². The molecule has 2 heterocycles. The molecule has 0 aliphatic rings. The smallest absolute Gasteiger partial charge is 0.409 e. The number of halogens is 1. The Hall–Kier alpha value is -5.88. The second kappa shape index (κ2) is 14.5. The van der Waals surface area contributed by atoms with Crippen LogP contribution in [0.3, 0.4) is 0 Å². The average molecular weight is 628 g/mol. The lowest BCUT2D eigenvalue weighted by molar-refractivity contribution is -0.134. The molecule has 0 saturated heterocycles. The number of H-pyrrole nitrogens is 1. The average Bonchev–Trinajstić information content (AvgIpc) is 3.47. The molecule has 0 radical (unpaired) electrons. The number of aromatic nitrogens is 3. The van der Waals surface area contributed by atoms with Crippen LogP contribution in [0, 0.1) is 5.41 Å². The van der Waals surface area contributed by atoms with Crippen LogP contribution in [-0.2, 0) is 11.2 Å². The van der Waals surface area contributed by atoms with E-state index < -0.39 is 18.1 Å². The summed E-state index contributed by atoms with van der Waals surface area (Å²) in [6.07, 6.45) is 2.85. The summed E-state index contributed by atoms with van der Waals surface area (Å²) in [5.41, 5.74) is 10.0. The van der Waals surface area contributed by atoms with Gasteiger partial charge in [0.15, 0.2) is 5.96 Å². The molecular weight excluding hydrogens is 598 g/mol. The van der Waals surface area contributed by atoms with Crippen molar-refractivity contribution in [3.8, 4) is 22.4 Å². The maximum absolute atomic E-state index is 13.6. The van der Waals surface area contributed by atoms with Crippen molar-refractivity contribution in [2.75, 3.05) is 10.6 Å². The lowest BCUT2D eigenvalue weighted by Gasteiger charge is -2.19. The quantitative estimate of drug-likeness (QED) is 0.0817. The maximum Gasteiger partial charge on any atom is 0.409 e. The van der Waals surface area contributed by atoms with Gasteiger partial charge in [0.1, 0.15) is 5.82 Å². The number of nitrogens with one attached hydrogen (secondary N) is 4. The molecule has 230 valence electrons. The number of amides is 1. The molecule has 1 atom stereocenters. The lowest BCUT2D eigenvalue weighted by Crippen LogP contribution is -2.27. The van der Waals surface area contributed by atoms with E-state index in [4.69, 9.17) is 42.7 Å². The predicted octanol–water partition coefficient (Wildman–Crippen LogP) is 5.88. The fourth-order valence-electron chi connectivity index (χ4n) is 4.59. The van der Waals surface area contributed by atoms with Crippen LogP contribution in [0.25, 0.3) is 22.4 Å². The zero-order valence-electron chi connectivity index (χ0n) is 24.0. The molecule has 0 bridgehead atoms. The van der Waals surface area contributed by atoms with Crippen LogP contribution in [0.15, 0.2) is 102 Å². The molecule has 13 heteroatoms. The van der Waals surface area contributed by atoms with Gasteiger partial charge in [0.05, 0.1) is 11.7 Å². The number of rotatable bonds is 8. The standard InChI is InChI=1S/C30H26ClN7O3.C2H4O2/c31-21-8-11-24(37-29(32)33)23(16-21)20-12-13-38(27(39)15-20)26(14-18-4-2-1-3-5-18)28-34-17-25(36-28)19-6-9-22(10-7-19)35-30(40)41;1-2(3)4/h1-13,15-17,26,35H,14H2,(H,34,36)(H,40,41)(H4,32,33,37);1H3,(H,3,4). The van der Waals surface area contributed by atoms with E-state index in [1.165, 1.54) is 6.07 Å². The van der Waals surface area contributed by atoms with Gasteiger partial charge >= 0.3 is 6.09 Å². The minimum absolute atomic E-state index is 0.230. The highest BCUT2D eigenvalue weighted by Gasteiger charge is 2.21. The number of carbonyl (C=O) groups is 2. The number of anilines is 2. The third kappa shape index (κ3) is 8.81. The maximum atomic E-state index is 13.6. The zero-order valence-corrected chi connectivity index (χ0v) is 24.7. The molecule has 3 aromatic carbocycles. The van der Waals surface area contributed by atoms with Gasteiger partial charge in [-0.2, -0.15) is 0 Å². The number of guanidine groups is 1. The summed E-state index contributed by atoms with van der Waals surface area (Å²) >= 11 is 6.24. The monoisotopic (exact) mass is 627 g/mol. The van der Waals surface area contributed by atoms with Gasteiger partial charge < -0.3 is 30.8 Å². The van der Waals surface area contributed by atoms with Gasteiger partial charge in [-0.25, -0.2) is 9.78 Å². The Labute approximate surface area is 262 Å². The van der Waals surface area contributed by atoms with Gasteiger partial charge in [0.2, 0.25) is 0 Å². The van der Waals surface area contributed by atoms with Crippen molar-refractivity contribution in [2.24, 2.45) is 5.73 Å². The van der Waals surface area contributed by atoms with Crippen molar-refractivity contribution in [2.45, 2.75) is 19.4 Å². The van der Waals surface area contributed by atoms with E-state index in [1.807, 2.05) is 36.4 Å². The van der Waals surface area contributed by atoms with E-state index in [0.29, 0.717) is 45.5 Å². The van der Waals surface area contributed by atoms with E-state index in [9.17, 15) is 9.59 Å². The van der Waals surface area contributed by atoms with Gasteiger partial charge in [-0.1, -0.05) is 54.1 Å². The fourth-order valence-corrected chi connectivity index (χ4v) is 4.76. The third-order valence-corrected chi connectivity index (χ3v) is 6.70. The van der Waals surface area contributed by atoms with Crippen molar-refractivity contribution in [1.82, 2.24) is 14.5 Å². The number of hydrogen-bond acceptors (Lipinski definition) is 5. The molecule has 0 aliphatic carbocycles. The molecular formula is C32H30ClN7O5. The predicted molar refractivity (Wildman–Crippen MR) is 174 cm³/mol. The van der Waals surface area contributed by atoms with Gasteiger partial charge in [-0.15, -0.1) is 0 Å². The van der Waals surface area contributed by atoms with Crippen LogP contribution in [0.4, 0.5) is 16.2 Å². The number of nitrogens with zero attached hydrogens (tertiary/aromatic N) is 2. The first-order chi connectivity index (χ1) is 21.5. The molecule has 5 aromatic rings. The number of carboxylic acids is 1. The SMILES string of the molecule is CC(=O)O.N=C(N)Nc1ccc(Cl)cc1-c1ccn(C(Cc2ccccc2)c2nc(-c3ccc(NC(=O)O)cc3)c[nH]2)c(=O)c1. The Kier molecular flexibility index (Phi) is 10.3. The number of benzene rings is 3. The second-order valence-corrected chi connectivity index (χ2v) is 10.2. The molecule has 5 rings (SSSR count). The largest absolute Gasteiger partial charge is 0.481 e. The number of aromatic amines is 1. The van der Waals surface area contributed by atoms with Gasteiger partial charge in [0.25, 0.3) is 11.5 Å². The van der Waals surface area contributed by atoms with Gasteiger partial charge in [-0.05, 0) is 47.5 Å². The van der Waals surface area contributed by atoms with E-state index in [2.05, 4.69) is 15.6 Å². The molecule has 12 nitrogen and oxygen atoms in total. The van der Waals surface area contributed by atoms with E-state index in [-0.39, 0.29) is 11.5 Å². The normalized spacial score (nSPS) is 11.1. The second-order valence-electron chi connectivity index (χ2n) is 9.79. The molecule has 1 amide bonds. The first kappa shape index (κ1) is 32.0. The molecule has 2 aromatic heterocycles. The molecule has 0 aliphatic heterocycles. The minimum atomic E-state index is -1.14. The Bertz CT molecular complexity index is 1870. The van der Waals surface area contributed by atoms with Crippen LogP contribution in [0.2, 0.25) is 5.02 Å². The van der Waals surface area contributed by atoms with E-state index in [0.717, 1.165) is 18.1 Å². The zero-order chi connectivity index (χ0) is 32.5. The van der Waals surface area contributed by atoms with Crippen molar-refractivity contribution in [1.29, 1.82) is 5.41 Å². The number of hydrogen-bond donors (Lipinski definition) is 7. The Morgan fingerprint density at radius 1 is 1.00 bits per heavy atom. The van der Waals surface area contributed by atoms with E-state index >= 15 is 0 Å². The number of pyridine rings is 1. The molecule has 0 saturated carbocycles. The van der Waals surface area contributed by atoms with Crippen molar-refractivity contribution < 1.29 is 19.8 Å². The van der Waals surface area contributed by atoms with Crippen molar-refractivity contribution in [3.63, 3.8) is 0 Å². The Morgan fingerprint density at radius 3 is 2.31 bits per heavy atom. The first-order valence-corrected chi connectivity index (χ1v) is 13.9.